The quantitative estimate of drug-likeness (QED) is 0.523. The van der Waals surface area contributed by atoms with Crippen LogP contribution in [0.2, 0.25) is 0 Å². The van der Waals surface area contributed by atoms with Crippen LogP contribution >= 0.6 is 18.5 Å². The molecular formula is C14H32N2O8P2. The number of rotatable bonds is 0. The second kappa shape index (κ2) is 24.6. The second-order valence-corrected chi connectivity index (χ2v) is 5.62. The third-order valence-electron chi connectivity index (χ3n) is 2.23. The van der Waals surface area contributed by atoms with Crippen LogP contribution in [0.4, 0.5) is 9.59 Å². The van der Waals surface area contributed by atoms with E-state index in [1.54, 1.807) is 18.5 Å². The summed E-state index contributed by atoms with van der Waals surface area (Å²) in [6.45, 7) is 7.04. The van der Waals surface area contributed by atoms with E-state index in [1.807, 2.05) is 0 Å². The molecule has 2 unspecified atom stereocenters. The Morgan fingerprint density at radius 2 is 0.538 bits per heavy atom. The number of carbonyl (C=O) groups excluding carboxylic acids is 2. The van der Waals surface area contributed by atoms with Gasteiger partial charge in [0, 0.05) is 0 Å². The number of primary amides is 2. The van der Waals surface area contributed by atoms with Crippen LogP contribution in [0.25, 0.3) is 0 Å². The molecule has 156 valence electrons. The van der Waals surface area contributed by atoms with E-state index in [1.165, 1.54) is 0 Å². The Balaban J connectivity index is 0. The molecule has 1 fully saturated rings. The fraction of sp³-hybridized carbons (Fsp3) is 0.857. The van der Waals surface area contributed by atoms with Crippen molar-refractivity contribution in [3.63, 3.8) is 0 Å². The molecule has 0 bridgehead atoms. The van der Waals surface area contributed by atoms with Crippen LogP contribution in [0.3, 0.4) is 0 Å². The van der Waals surface area contributed by atoms with E-state index in [0.717, 1.165) is 0 Å². The third-order valence-corrected chi connectivity index (χ3v) is 2.23. The molecule has 12 heteroatoms. The molecule has 26 heavy (non-hydrogen) atoms. The third kappa shape index (κ3) is 38.9. The van der Waals surface area contributed by atoms with Crippen molar-refractivity contribution < 1.29 is 38.0 Å². The smallest absolute Gasteiger partial charge is 0.232 e. The molecule has 0 radical (unpaired) electrons. The van der Waals surface area contributed by atoms with Crippen molar-refractivity contribution in [3.8, 4) is 0 Å². The number of nitrogens with two attached hydrogens (primary N) is 2. The molecule has 0 aromatic heterocycles. The molecule has 2 atom stereocenters. The van der Waals surface area contributed by atoms with Crippen molar-refractivity contribution in [1.29, 1.82) is 0 Å². The summed E-state index contributed by atoms with van der Waals surface area (Å²) in [4.78, 5) is 18.4. The second-order valence-electron chi connectivity index (χ2n) is 4.48. The first-order valence-corrected chi connectivity index (χ1v) is 9.18. The number of ether oxygens (including phenoxy) is 6. The average molecular weight is 418 g/mol. The van der Waals surface area contributed by atoms with Gasteiger partial charge in [0.05, 0.1) is 79.3 Å². The molecule has 1 rings (SSSR count). The maximum atomic E-state index is 9.19. The van der Waals surface area contributed by atoms with Gasteiger partial charge < -0.3 is 39.9 Å². The van der Waals surface area contributed by atoms with Crippen LogP contribution in [0.1, 0.15) is 0 Å². The normalized spacial score (nSPS) is 18.5. The monoisotopic (exact) mass is 418 g/mol. The highest BCUT2D eigenvalue weighted by atomic mass is 31.0. The molecule has 0 aromatic carbocycles. The van der Waals surface area contributed by atoms with Crippen LogP contribution < -0.4 is 11.5 Å². The van der Waals surface area contributed by atoms with Gasteiger partial charge in [-0.05, 0) is 18.5 Å². The van der Waals surface area contributed by atoms with Gasteiger partial charge in [-0.15, -0.1) is 0 Å². The van der Waals surface area contributed by atoms with Crippen molar-refractivity contribution in [2.24, 2.45) is 11.5 Å². The predicted molar refractivity (Wildman–Crippen MR) is 104 cm³/mol. The van der Waals surface area contributed by atoms with E-state index in [2.05, 4.69) is 11.5 Å². The molecule has 0 aromatic rings. The summed E-state index contributed by atoms with van der Waals surface area (Å²) in [5.41, 5.74) is 8.04. The number of amides is 2. The zero-order chi connectivity index (χ0) is 19.9. The summed E-state index contributed by atoms with van der Waals surface area (Å²) < 4.78 is 32.0. The highest BCUT2D eigenvalue weighted by molar-refractivity contribution is 7.39. The Kier molecular flexibility index (Phi) is 26.2. The lowest BCUT2D eigenvalue weighted by Gasteiger charge is -2.09. The van der Waals surface area contributed by atoms with E-state index in [4.69, 9.17) is 28.4 Å². The summed E-state index contributed by atoms with van der Waals surface area (Å²) in [6.07, 6.45) is 0. The van der Waals surface area contributed by atoms with Gasteiger partial charge in [-0.25, -0.2) is 0 Å². The highest BCUT2D eigenvalue weighted by Gasteiger charge is 1.95. The van der Waals surface area contributed by atoms with Crippen molar-refractivity contribution in [3.05, 3.63) is 0 Å². The van der Waals surface area contributed by atoms with Crippen LogP contribution in [0.15, 0.2) is 0 Å². The SMILES string of the molecule is C1COCCOCCOCCOCCOCCO1.NC(=O)P.NC(=O)P. The van der Waals surface area contributed by atoms with E-state index < -0.39 is 11.3 Å². The molecule has 1 saturated heterocycles. The Morgan fingerprint density at radius 3 is 0.615 bits per heavy atom. The maximum absolute atomic E-state index is 9.19. The van der Waals surface area contributed by atoms with Crippen molar-refractivity contribution in [2.45, 2.75) is 0 Å². The number of carbonyl (C=O) groups is 2. The van der Waals surface area contributed by atoms with Crippen molar-refractivity contribution in [1.82, 2.24) is 0 Å². The minimum absolute atomic E-state index is 0.417. The first kappa shape index (κ1) is 27.8. The van der Waals surface area contributed by atoms with Crippen LogP contribution in [-0.4, -0.2) is 90.6 Å². The van der Waals surface area contributed by atoms with Gasteiger partial charge in [0.2, 0.25) is 11.3 Å². The molecule has 1 aliphatic heterocycles. The molecular weight excluding hydrogens is 386 g/mol. The Bertz CT molecular complexity index is 232. The molecule has 0 spiro atoms. The summed E-state index contributed by atoms with van der Waals surface area (Å²) in [7, 11) is 3.59. The van der Waals surface area contributed by atoms with Crippen LogP contribution in [0.5, 0.6) is 0 Å². The van der Waals surface area contributed by atoms with Crippen molar-refractivity contribution in [2.75, 3.05) is 79.3 Å². The molecule has 1 aliphatic rings. The summed E-state index contributed by atoms with van der Waals surface area (Å²) in [5, 5.41) is 0. The number of hydrogen-bond donors (Lipinski definition) is 2. The average Bonchev–Trinajstić information content (AvgIpc) is 2.54. The summed E-state index contributed by atoms with van der Waals surface area (Å²) in [5.74, 6) is 0. The topological polar surface area (TPSA) is 142 Å². The number of hydrogen-bond acceptors (Lipinski definition) is 8. The molecule has 10 nitrogen and oxygen atoms in total. The van der Waals surface area contributed by atoms with Gasteiger partial charge in [0.25, 0.3) is 0 Å². The van der Waals surface area contributed by atoms with Gasteiger partial charge >= 0.3 is 0 Å². The zero-order valence-electron chi connectivity index (χ0n) is 15.1. The Morgan fingerprint density at radius 1 is 0.462 bits per heavy atom. The standard InChI is InChI=1S/C12H24O6.2CH4NOP/c1-2-14-5-6-16-9-10-18-12-11-17-8-7-15-4-3-13-1;2*2-1(3)4/h1-12H2;2*4H2,(H2,2,3). The van der Waals surface area contributed by atoms with Gasteiger partial charge in [-0.3, -0.25) is 9.59 Å². The highest BCUT2D eigenvalue weighted by Crippen LogP contribution is 1.86. The van der Waals surface area contributed by atoms with Crippen LogP contribution in [-0.2, 0) is 28.4 Å². The van der Waals surface area contributed by atoms with E-state index in [0.29, 0.717) is 79.3 Å². The lowest BCUT2D eigenvalue weighted by molar-refractivity contribution is -0.0334. The lowest BCUT2D eigenvalue weighted by Crippen LogP contribution is -2.16. The van der Waals surface area contributed by atoms with Gasteiger partial charge in [0.1, 0.15) is 0 Å². The zero-order valence-corrected chi connectivity index (χ0v) is 17.4. The van der Waals surface area contributed by atoms with Crippen LogP contribution in [0, 0.1) is 0 Å². The minimum Gasteiger partial charge on any atom is -0.377 e. The first-order valence-electron chi connectivity index (χ1n) is 8.03. The van der Waals surface area contributed by atoms with Gasteiger partial charge in [-0.1, -0.05) is 0 Å². The molecule has 4 N–H and O–H groups in total. The predicted octanol–water partition coefficient (Wildman–Crippen LogP) is -0.0200. The molecule has 0 aliphatic carbocycles. The fourth-order valence-electron chi connectivity index (χ4n) is 1.32. The fourth-order valence-corrected chi connectivity index (χ4v) is 1.32. The van der Waals surface area contributed by atoms with Gasteiger partial charge in [-0.2, -0.15) is 0 Å². The summed E-state index contributed by atoms with van der Waals surface area (Å²) >= 11 is 0. The van der Waals surface area contributed by atoms with E-state index in [9.17, 15) is 9.59 Å². The lowest BCUT2D eigenvalue weighted by atomic mass is 10.6. The molecule has 1 heterocycles. The minimum atomic E-state index is -0.417. The Hall–Kier alpha value is -0.440. The summed E-state index contributed by atoms with van der Waals surface area (Å²) in [6, 6.07) is 0. The van der Waals surface area contributed by atoms with E-state index in [-0.39, 0.29) is 0 Å². The van der Waals surface area contributed by atoms with E-state index >= 15 is 0 Å². The maximum Gasteiger partial charge on any atom is 0.232 e. The Labute approximate surface area is 159 Å². The van der Waals surface area contributed by atoms with Crippen molar-refractivity contribution >= 4 is 29.8 Å². The molecule has 2 amide bonds. The molecule has 0 saturated carbocycles. The largest absolute Gasteiger partial charge is 0.377 e. The van der Waals surface area contributed by atoms with Gasteiger partial charge in [0.15, 0.2) is 0 Å². The first-order chi connectivity index (χ1) is 12.5.